The largest absolute Gasteiger partial charge is 0.0683 e. The van der Waals surface area contributed by atoms with Gasteiger partial charge in [-0.3, -0.25) is 0 Å². The van der Waals surface area contributed by atoms with Crippen LogP contribution in [0.2, 0.25) is 0 Å². The summed E-state index contributed by atoms with van der Waals surface area (Å²) in [6.45, 7) is 20.5. The standard InChI is InChI=1S/C31H24.4C2H6/c1-20-22-11-3-7-15-26(22)30(27-16-8-4-12-23(20)27)19-31-28-17-9-5-13-24(28)21(2)25-14-6-10-18-29(25)31;4*1-2/h3-18H,19H2,1-2H3;4*1-2H3. The molecule has 0 aromatic heterocycles. The summed E-state index contributed by atoms with van der Waals surface area (Å²) in [5, 5.41) is 10.9. The maximum Gasteiger partial charge on any atom is -0.000111 e. The van der Waals surface area contributed by atoms with E-state index in [0.29, 0.717) is 0 Å². The third kappa shape index (κ3) is 6.17. The van der Waals surface area contributed by atoms with Gasteiger partial charge in [0.1, 0.15) is 0 Å². The van der Waals surface area contributed by atoms with Crippen LogP contribution < -0.4 is 0 Å². The van der Waals surface area contributed by atoms with Gasteiger partial charge >= 0.3 is 0 Å². The Morgan fingerprint density at radius 2 is 0.487 bits per heavy atom. The molecule has 0 aliphatic rings. The van der Waals surface area contributed by atoms with Crippen molar-refractivity contribution in [3.05, 3.63) is 119 Å². The first-order chi connectivity index (χ1) is 19.2. The molecule has 0 unspecified atom stereocenters. The molecular weight excluding hydrogens is 468 g/mol. The molecule has 0 saturated carbocycles. The molecule has 0 atom stereocenters. The molecule has 0 fully saturated rings. The molecule has 0 heteroatoms. The zero-order chi connectivity index (χ0) is 28.9. The molecule has 6 aromatic rings. The SMILES string of the molecule is CC.CC.CC.CC.Cc1c2ccccc2c(Cc2c3ccccc3c(C)c3ccccc23)c2ccccc12. The van der Waals surface area contributed by atoms with Gasteiger partial charge in [0.2, 0.25) is 0 Å². The van der Waals surface area contributed by atoms with Gasteiger partial charge in [-0.05, 0) is 85.6 Å². The van der Waals surface area contributed by atoms with Crippen LogP contribution in [-0.4, -0.2) is 0 Å². The monoisotopic (exact) mass is 516 g/mol. The molecule has 0 radical (unpaired) electrons. The van der Waals surface area contributed by atoms with E-state index in [0.717, 1.165) is 6.42 Å². The first-order valence-corrected chi connectivity index (χ1v) is 15.0. The molecule has 39 heavy (non-hydrogen) atoms. The smallest absolute Gasteiger partial charge is 0.000111 e. The van der Waals surface area contributed by atoms with Gasteiger partial charge in [0, 0.05) is 0 Å². The Balaban J connectivity index is 0.000000614. The summed E-state index contributed by atoms with van der Waals surface area (Å²) < 4.78 is 0. The van der Waals surface area contributed by atoms with Crippen LogP contribution in [0.15, 0.2) is 97.1 Å². The van der Waals surface area contributed by atoms with Gasteiger partial charge in [-0.15, -0.1) is 0 Å². The van der Waals surface area contributed by atoms with E-state index in [4.69, 9.17) is 0 Å². The predicted octanol–water partition coefficient (Wildman–Crippen LogP) is 12.6. The Hall–Kier alpha value is -3.64. The summed E-state index contributed by atoms with van der Waals surface area (Å²) in [5.41, 5.74) is 5.59. The lowest BCUT2D eigenvalue weighted by Crippen LogP contribution is -1.98. The quantitative estimate of drug-likeness (QED) is 0.201. The van der Waals surface area contributed by atoms with E-state index in [-0.39, 0.29) is 0 Å². The summed E-state index contributed by atoms with van der Waals surface area (Å²) in [4.78, 5) is 0. The molecule has 0 amide bonds. The van der Waals surface area contributed by atoms with E-state index in [1.807, 2.05) is 55.4 Å². The maximum atomic E-state index is 2.29. The van der Waals surface area contributed by atoms with Crippen molar-refractivity contribution in [2.75, 3.05) is 0 Å². The third-order valence-electron chi connectivity index (χ3n) is 6.98. The third-order valence-corrected chi connectivity index (χ3v) is 6.98. The van der Waals surface area contributed by atoms with Crippen LogP contribution in [0.1, 0.15) is 77.6 Å². The highest BCUT2D eigenvalue weighted by atomic mass is 14.2. The lowest BCUT2D eigenvalue weighted by atomic mass is 9.85. The molecule has 0 aliphatic carbocycles. The topological polar surface area (TPSA) is 0 Å². The molecule has 6 rings (SSSR count). The van der Waals surface area contributed by atoms with E-state index >= 15 is 0 Å². The second-order valence-corrected chi connectivity index (χ2v) is 8.57. The van der Waals surface area contributed by atoms with Gasteiger partial charge in [-0.1, -0.05) is 152 Å². The Labute approximate surface area is 237 Å². The van der Waals surface area contributed by atoms with Gasteiger partial charge in [-0.2, -0.15) is 0 Å². The highest BCUT2D eigenvalue weighted by molar-refractivity contribution is 6.09. The highest BCUT2D eigenvalue weighted by Crippen LogP contribution is 2.38. The molecule has 0 bridgehead atoms. The van der Waals surface area contributed by atoms with Crippen molar-refractivity contribution in [1.82, 2.24) is 0 Å². The van der Waals surface area contributed by atoms with Gasteiger partial charge in [0.25, 0.3) is 0 Å². The summed E-state index contributed by atoms with van der Waals surface area (Å²) in [5.74, 6) is 0. The zero-order valence-corrected chi connectivity index (χ0v) is 25.9. The molecule has 0 aliphatic heterocycles. The van der Waals surface area contributed by atoms with Gasteiger partial charge in [-0.25, -0.2) is 0 Å². The van der Waals surface area contributed by atoms with Crippen molar-refractivity contribution < 1.29 is 0 Å². The van der Waals surface area contributed by atoms with Crippen molar-refractivity contribution in [1.29, 1.82) is 0 Å². The molecule has 0 saturated heterocycles. The van der Waals surface area contributed by atoms with Crippen molar-refractivity contribution in [2.45, 2.75) is 75.7 Å². The molecule has 204 valence electrons. The molecule has 0 nitrogen and oxygen atoms in total. The van der Waals surface area contributed by atoms with Gasteiger partial charge in [0.15, 0.2) is 0 Å². The summed E-state index contributed by atoms with van der Waals surface area (Å²) in [7, 11) is 0. The van der Waals surface area contributed by atoms with Crippen LogP contribution in [0.25, 0.3) is 43.1 Å². The normalized spacial score (nSPS) is 9.90. The fourth-order valence-electron chi connectivity index (χ4n) is 5.43. The predicted molar refractivity (Wildman–Crippen MR) is 181 cm³/mol. The molecule has 6 aromatic carbocycles. The van der Waals surface area contributed by atoms with E-state index in [1.54, 1.807) is 0 Å². The summed E-state index contributed by atoms with van der Waals surface area (Å²) in [6, 6.07) is 35.6. The van der Waals surface area contributed by atoms with Crippen LogP contribution in [0.4, 0.5) is 0 Å². The number of hydrogen-bond acceptors (Lipinski definition) is 0. The number of fused-ring (bicyclic) bond motifs is 4. The van der Waals surface area contributed by atoms with Crippen molar-refractivity contribution in [2.24, 2.45) is 0 Å². The average molecular weight is 517 g/mol. The fraction of sp³-hybridized carbons (Fsp3) is 0.282. The van der Waals surface area contributed by atoms with Crippen molar-refractivity contribution >= 4 is 43.1 Å². The second kappa shape index (κ2) is 15.7. The molecule has 0 heterocycles. The highest BCUT2D eigenvalue weighted by Gasteiger charge is 2.16. The average Bonchev–Trinajstić information content (AvgIpc) is 3.04. The maximum absolute atomic E-state index is 2.29. The number of rotatable bonds is 2. The fourth-order valence-corrected chi connectivity index (χ4v) is 5.43. The minimum Gasteiger partial charge on any atom is -0.0683 e. The van der Waals surface area contributed by atoms with Crippen LogP contribution in [-0.2, 0) is 6.42 Å². The lowest BCUT2D eigenvalue weighted by molar-refractivity contribution is 1.27. The van der Waals surface area contributed by atoms with Crippen LogP contribution in [0.5, 0.6) is 0 Å². The first-order valence-electron chi connectivity index (χ1n) is 15.0. The van der Waals surface area contributed by atoms with Crippen molar-refractivity contribution in [3.8, 4) is 0 Å². The lowest BCUT2D eigenvalue weighted by Gasteiger charge is -2.18. The summed E-state index contributed by atoms with van der Waals surface area (Å²) >= 11 is 0. The molecule has 0 spiro atoms. The Bertz CT molecular complexity index is 1380. The van der Waals surface area contributed by atoms with E-state index in [2.05, 4.69) is 111 Å². The zero-order valence-electron chi connectivity index (χ0n) is 25.9. The van der Waals surface area contributed by atoms with E-state index < -0.39 is 0 Å². The Kier molecular flexibility index (Phi) is 12.7. The number of aryl methyl sites for hydroxylation is 2. The van der Waals surface area contributed by atoms with Gasteiger partial charge < -0.3 is 0 Å². The second-order valence-electron chi connectivity index (χ2n) is 8.57. The van der Waals surface area contributed by atoms with Crippen LogP contribution in [0, 0.1) is 13.8 Å². The van der Waals surface area contributed by atoms with Crippen LogP contribution >= 0.6 is 0 Å². The number of benzene rings is 6. The number of hydrogen-bond donors (Lipinski definition) is 0. The summed E-state index contributed by atoms with van der Waals surface area (Å²) in [6.07, 6.45) is 0.919. The Morgan fingerprint density at radius 1 is 0.308 bits per heavy atom. The van der Waals surface area contributed by atoms with E-state index in [1.165, 1.54) is 65.3 Å². The van der Waals surface area contributed by atoms with Gasteiger partial charge in [0.05, 0.1) is 0 Å². The molecular formula is C39H48. The minimum atomic E-state index is 0.919. The molecule has 0 N–H and O–H groups in total. The first kappa shape index (κ1) is 31.6. The van der Waals surface area contributed by atoms with E-state index in [9.17, 15) is 0 Å². The van der Waals surface area contributed by atoms with Crippen molar-refractivity contribution in [3.63, 3.8) is 0 Å². The Morgan fingerprint density at radius 3 is 0.692 bits per heavy atom. The van der Waals surface area contributed by atoms with Crippen LogP contribution in [0.3, 0.4) is 0 Å². The minimum absolute atomic E-state index is 0.919.